The molecule has 0 aliphatic carbocycles. The van der Waals surface area contributed by atoms with Gasteiger partial charge in [-0.3, -0.25) is 4.79 Å². The normalized spacial score (nSPS) is 12.7. The first kappa shape index (κ1) is 17.5. The van der Waals surface area contributed by atoms with Gasteiger partial charge >= 0.3 is 0 Å². The first-order valence-electron chi connectivity index (χ1n) is 7.10. The van der Waals surface area contributed by atoms with Gasteiger partial charge in [-0.1, -0.05) is 41.9 Å². The van der Waals surface area contributed by atoms with E-state index < -0.39 is 9.84 Å². The predicted molar refractivity (Wildman–Crippen MR) is 91.3 cm³/mol. The molecule has 0 saturated carbocycles. The van der Waals surface area contributed by atoms with Gasteiger partial charge in [0, 0.05) is 11.3 Å². The summed E-state index contributed by atoms with van der Waals surface area (Å²) >= 11 is 6.05. The van der Waals surface area contributed by atoms with E-state index in [0.717, 1.165) is 17.4 Å². The minimum Gasteiger partial charge on any atom is -0.349 e. The molecule has 0 unspecified atom stereocenters. The van der Waals surface area contributed by atoms with Crippen molar-refractivity contribution in [2.24, 2.45) is 0 Å². The van der Waals surface area contributed by atoms with Crippen LogP contribution in [-0.4, -0.2) is 20.6 Å². The number of carbonyl (C=O) groups excluding carboxylic acids is 1. The molecule has 1 amide bonds. The Balaban J connectivity index is 2.02. The van der Waals surface area contributed by atoms with Crippen molar-refractivity contribution in [1.29, 1.82) is 0 Å². The number of sulfone groups is 1. The van der Waals surface area contributed by atoms with Gasteiger partial charge in [0.1, 0.15) is 0 Å². The van der Waals surface area contributed by atoms with Gasteiger partial charge in [0.25, 0.3) is 0 Å². The van der Waals surface area contributed by atoms with Crippen molar-refractivity contribution < 1.29 is 13.2 Å². The molecule has 122 valence electrons. The van der Waals surface area contributed by atoms with Crippen LogP contribution in [0.1, 0.15) is 24.1 Å². The lowest BCUT2D eigenvalue weighted by molar-refractivity contribution is -0.121. The predicted octanol–water partition coefficient (Wildman–Crippen LogP) is 3.16. The first-order valence-corrected chi connectivity index (χ1v) is 9.37. The number of hydrogen-bond donors (Lipinski definition) is 1. The summed E-state index contributed by atoms with van der Waals surface area (Å²) in [6, 6.07) is 13.5. The van der Waals surface area contributed by atoms with Crippen LogP contribution in [0.2, 0.25) is 5.02 Å². The van der Waals surface area contributed by atoms with E-state index in [-0.39, 0.29) is 23.3 Å². The third-order valence-electron chi connectivity index (χ3n) is 3.49. The lowest BCUT2D eigenvalue weighted by atomic mass is 10.1. The molecule has 0 heterocycles. The molecule has 0 fully saturated rings. The van der Waals surface area contributed by atoms with Gasteiger partial charge in [-0.2, -0.15) is 0 Å². The zero-order chi connectivity index (χ0) is 17.0. The molecular weight excluding hydrogens is 334 g/mol. The number of nitrogens with one attached hydrogen (secondary N) is 1. The Morgan fingerprint density at radius 3 is 2.30 bits per heavy atom. The van der Waals surface area contributed by atoms with E-state index in [1.54, 1.807) is 30.3 Å². The molecule has 2 aromatic rings. The first-order chi connectivity index (χ1) is 10.8. The summed E-state index contributed by atoms with van der Waals surface area (Å²) in [6.45, 7) is 1.85. The standard InChI is InChI=1S/C17H18ClNO3S/c1-12(13-7-9-15(10-8-13)23(2,21)22)19-17(20)11-14-5-3-4-6-16(14)18/h3-10,12H,11H2,1-2H3,(H,19,20)/t12-/m1/s1. The van der Waals surface area contributed by atoms with Crippen molar-refractivity contribution in [3.63, 3.8) is 0 Å². The maximum Gasteiger partial charge on any atom is 0.224 e. The van der Waals surface area contributed by atoms with E-state index in [4.69, 9.17) is 11.6 Å². The van der Waals surface area contributed by atoms with E-state index in [9.17, 15) is 13.2 Å². The minimum absolute atomic E-state index is 0.141. The summed E-state index contributed by atoms with van der Waals surface area (Å²) in [7, 11) is -3.22. The molecule has 4 nitrogen and oxygen atoms in total. The highest BCUT2D eigenvalue weighted by Crippen LogP contribution is 2.18. The SMILES string of the molecule is C[C@@H](NC(=O)Cc1ccccc1Cl)c1ccc(S(C)(=O)=O)cc1. The van der Waals surface area contributed by atoms with Gasteiger partial charge in [-0.15, -0.1) is 0 Å². The third-order valence-corrected chi connectivity index (χ3v) is 4.99. The highest BCUT2D eigenvalue weighted by Gasteiger charge is 2.13. The van der Waals surface area contributed by atoms with Crippen LogP contribution in [0, 0.1) is 0 Å². The van der Waals surface area contributed by atoms with Crippen LogP contribution in [0.3, 0.4) is 0 Å². The van der Waals surface area contributed by atoms with Gasteiger partial charge in [0.15, 0.2) is 9.84 Å². The van der Waals surface area contributed by atoms with Gasteiger partial charge < -0.3 is 5.32 Å². The summed E-state index contributed by atoms with van der Waals surface area (Å²) in [5, 5.41) is 3.45. The summed E-state index contributed by atoms with van der Waals surface area (Å²) in [5.74, 6) is -0.141. The number of hydrogen-bond acceptors (Lipinski definition) is 3. The van der Waals surface area contributed by atoms with Crippen molar-refractivity contribution in [2.45, 2.75) is 24.3 Å². The Morgan fingerprint density at radius 1 is 1.13 bits per heavy atom. The lowest BCUT2D eigenvalue weighted by Crippen LogP contribution is -2.28. The average molecular weight is 352 g/mol. The molecule has 0 aliphatic rings. The van der Waals surface area contributed by atoms with E-state index >= 15 is 0 Å². The van der Waals surface area contributed by atoms with Crippen molar-refractivity contribution >= 4 is 27.3 Å². The largest absolute Gasteiger partial charge is 0.349 e. The topological polar surface area (TPSA) is 63.2 Å². The molecule has 0 saturated heterocycles. The molecule has 6 heteroatoms. The summed E-state index contributed by atoms with van der Waals surface area (Å²) < 4.78 is 22.9. The van der Waals surface area contributed by atoms with Crippen molar-refractivity contribution in [3.8, 4) is 0 Å². The van der Waals surface area contributed by atoms with Crippen LogP contribution in [0.15, 0.2) is 53.4 Å². The Labute approximate surface area is 141 Å². The molecule has 0 aliphatic heterocycles. The van der Waals surface area contributed by atoms with Crippen LogP contribution in [0.5, 0.6) is 0 Å². The van der Waals surface area contributed by atoms with Gasteiger partial charge in [-0.25, -0.2) is 8.42 Å². The fraction of sp³-hybridized carbons (Fsp3) is 0.235. The number of benzene rings is 2. The van der Waals surface area contributed by atoms with Crippen molar-refractivity contribution in [1.82, 2.24) is 5.32 Å². The van der Waals surface area contributed by atoms with Crippen LogP contribution >= 0.6 is 11.6 Å². The Hall–Kier alpha value is -1.85. The smallest absolute Gasteiger partial charge is 0.224 e. The summed E-state index contributed by atoms with van der Waals surface area (Å²) in [4.78, 5) is 12.4. The molecule has 23 heavy (non-hydrogen) atoms. The second-order valence-corrected chi connectivity index (χ2v) is 7.82. The zero-order valence-electron chi connectivity index (χ0n) is 12.9. The number of halogens is 1. The zero-order valence-corrected chi connectivity index (χ0v) is 14.5. The van der Waals surface area contributed by atoms with Crippen LogP contribution in [-0.2, 0) is 21.1 Å². The molecule has 0 radical (unpaired) electrons. The van der Waals surface area contributed by atoms with Gasteiger partial charge in [0.05, 0.1) is 17.4 Å². The maximum atomic E-state index is 12.1. The fourth-order valence-electron chi connectivity index (χ4n) is 2.19. The number of rotatable bonds is 5. The quantitative estimate of drug-likeness (QED) is 0.899. The van der Waals surface area contributed by atoms with Crippen molar-refractivity contribution in [3.05, 3.63) is 64.7 Å². The van der Waals surface area contributed by atoms with E-state index in [2.05, 4.69) is 5.32 Å². The second-order valence-electron chi connectivity index (χ2n) is 5.40. The molecule has 0 spiro atoms. The highest BCUT2D eigenvalue weighted by atomic mass is 35.5. The van der Waals surface area contributed by atoms with Gasteiger partial charge in [0.2, 0.25) is 5.91 Å². The molecule has 0 bridgehead atoms. The monoisotopic (exact) mass is 351 g/mol. The average Bonchev–Trinajstić information content (AvgIpc) is 2.49. The third kappa shape index (κ3) is 4.81. The molecular formula is C17H18ClNO3S. The molecule has 1 atom stereocenters. The van der Waals surface area contributed by atoms with Crippen molar-refractivity contribution in [2.75, 3.05) is 6.26 Å². The van der Waals surface area contributed by atoms with Gasteiger partial charge in [-0.05, 0) is 36.2 Å². The van der Waals surface area contributed by atoms with E-state index in [1.807, 2.05) is 25.1 Å². The Bertz CT molecular complexity index is 801. The molecule has 0 aromatic heterocycles. The summed E-state index contributed by atoms with van der Waals surface area (Å²) in [6.07, 6.45) is 1.36. The second kappa shape index (κ2) is 7.15. The van der Waals surface area contributed by atoms with E-state index in [0.29, 0.717) is 5.02 Å². The Morgan fingerprint density at radius 2 is 1.74 bits per heavy atom. The number of amides is 1. The number of carbonyl (C=O) groups is 1. The maximum absolute atomic E-state index is 12.1. The minimum atomic E-state index is -3.22. The van der Waals surface area contributed by atoms with Crippen LogP contribution in [0.25, 0.3) is 0 Å². The van der Waals surface area contributed by atoms with Crippen LogP contribution < -0.4 is 5.32 Å². The Kier molecular flexibility index (Phi) is 5.44. The lowest BCUT2D eigenvalue weighted by Gasteiger charge is -2.15. The van der Waals surface area contributed by atoms with Crippen LogP contribution in [0.4, 0.5) is 0 Å². The fourth-order valence-corrected chi connectivity index (χ4v) is 3.03. The molecule has 2 rings (SSSR count). The summed E-state index contributed by atoms with van der Waals surface area (Å²) in [5.41, 5.74) is 1.61. The van der Waals surface area contributed by atoms with E-state index in [1.165, 1.54) is 0 Å². The molecule has 1 N–H and O–H groups in total. The molecule has 2 aromatic carbocycles. The highest BCUT2D eigenvalue weighted by molar-refractivity contribution is 7.90.